The number of halogens is 2. The van der Waals surface area contributed by atoms with Gasteiger partial charge in [0.25, 0.3) is 0 Å². The van der Waals surface area contributed by atoms with E-state index in [4.69, 9.17) is 5.73 Å². The van der Waals surface area contributed by atoms with Crippen molar-refractivity contribution < 1.29 is 13.6 Å². The van der Waals surface area contributed by atoms with Crippen molar-refractivity contribution in [1.82, 2.24) is 0 Å². The van der Waals surface area contributed by atoms with Crippen LogP contribution in [0.1, 0.15) is 11.1 Å². The Morgan fingerprint density at radius 2 is 1.85 bits per heavy atom. The molecule has 5 heteroatoms. The third kappa shape index (κ3) is 2.81. The Morgan fingerprint density at radius 3 is 2.40 bits per heavy atom. The fourth-order valence-corrected chi connectivity index (χ4v) is 2.02. The predicted molar refractivity (Wildman–Crippen MR) is 69.4 cm³/mol. The molecule has 0 heterocycles. The Hall–Kier alpha value is -2.74. The monoisotopic (exact) mass is 272 g/mol. The van der Waals surface area contributed by atoms with Crippen LogP contribution in [-0.2, 0) is 11.2 Å². The molecular weight excluding hydrogens is 262 g/mol. The van der Waals surface area contributed by atoms with Crippen molar-refractivity contribution in [3.05, 3.63) is 59.2 Å². The van der Waals surface area contributed by atoms with Crippen LogP contribution in [0.3, 0.4) is 0 Å². The first-order chi connectivity index (χ1) is 9.51. The fraction of sp³-hybridized carbons (Fsp3) is 0.0667. The number of primary amides is 1. The maximum Gasteiger partial charge on any atom is 0.221 e. The molecule has 20 heavy (non-hydrogen) atoms. The van der Waals surface area contributed by atoms with E-state index in [1.807, 2.05) is 6.07 Å². The first-order valence-corrected chi connectivity index (χ1v) is 5.78. The average Bonchev–Trinajstić information content (AvgIpc) is 2.36. The summed E-state index contributed by atoms with van der Waals surface area (Å²) in [5.41, 5.74) is 6.35. The number of nitrogens with zero attached hydrogens (tertiary/aromatic N) is 1. The van der Waals surface area contributed by atoms with Gasteiger partial charge in [0.15, 0.2) is 0 Å². The van der Waals surface area contributed by atoms with E-state index >= 15 is 0 Å². The van der Waals surface area contributed by atoms with E-state index < -0.39 is 17.5 Å². The molecule has 0 aromatic heterocycles. The molecule has 0 aliphatic rings. The van der Waals surface area contributed by atoms with Crippen molar-refractivity contribution in [3.63, 3.8) is 0 Å². The molecule has 3 nitrogen and oxygen atoms in total. The molecule has 0 saturated heterocycles. The van der Waals surface area contributed by atoms with Gasteiger partial charge in [-0.2, -0.15) is 5.26 Å². The van der Waals surface area contributed by atoms with E-state index in [-0.39, 0.29) is 17.5 Å². The van der Waals surface area contributed by atoms with E-state index in [0.717, 1.165) is 18.2 Å². The number of nitrogens with two attached hydrogens (primary N) is 1. The predicted octanol–water partition coefficient (Wildman–Crippen LogP) is 2.53. The summed E-state index contributed by atoms with van der Waals surface area (Å²) in [5, 5.41) is 9.22. The first kappa shape index (κ1) is 13.7. The lowest BCUT2D eigenvalue weighted by atomic mass is 9.94. The van der Waals surface area contributed by atoms with E-state index in [1.54, 1.807) is 18.2 Å². The molecule has 0 bridgehead atoms. The van der Waals surface area contributed by atoms with Crippen LogP contribution in [-0.4, -0.2) is 5.91 Å². The van der Waals surface area contributed by atoms with Crippen molar-refractivity contribution >= 4 is 5.91 Å². The van der Waals surface area contributed by atoms with Crippen LogP contribution in [0.25, 0.3) is 11.1 Å². The van der Waals surface area contributed by atoms with E-state index in [1.165, 1.54) is 0 Å². The van der Waals surface area contributed by atoms with Gasteiger partial charge in [-0.1, -0.05) is 18.2 Å². The van der Waals surface area contributed by atoms with Gasteiger partial charge in [-0.15, -0.1) is 0 Å². The van der Waals surface area contributed by atoms with Gasteiger partial charge < -0.3 is 5.73 Å². The first-order valence-electron chi connectivity index (χ1n) is 5.78. The zero-order valence-electron chi connectivity index (χ0n) is 10.4. The van der Waals surface area contributed by atoms with Crippen molar-refractivity contribution in [2.24, 2.45) is 5.73 Å². The topological polar surface area (TPSA) is 66.9 Å². The number of carbonyl (C=O) groups excluding carboxylic acids is 1. The minimum absolute atomic E-state index is 0.103. The molecule has 0 unspecified atom stereocenters. The second-order valence-electron chi connectivity index (χ2n) is 4.25. The van der Waals surface area contributed by atoms with Gasteiger partial charge in [0.1, 0.15) is 17.7 Å². The summed E-state index contributed by atoms with van der Waals surface area (Å²) in [6, 6.07) is 9.73. The number of amides is 1. The van der Waals surface area contributed by atoms with Gasteiger partial charge in [-0.05, 0) is 28.8 Å². The zero-order valence-corrected chi connectivity index (χ0v) is 10.4. The normalized spacial score (nSPS) is 10.1. The van der Waals surface area contributed by atoms with Gasteiger partial charge in [0, 0.05) is 6.07 Å². The van der Waals surface area contributed by atoms with Crippen LogP contribution < -0.4 is 5.73 Å². The van der Waals surface area contributed by atoms with Crippen LogP contribution in [0.5, 0.6) is 0 Å². The number of benzene rings is 2. The molecule has 100 valence electrons. The molecule has 2 N–H and O–H groups in total. The van der Waals surface area contributed by atoms with Crippen molar-refractivity contribution in [1.29, 1.82) is 5.26 Å². The van der Waals surface area contributed by atoms with Crippen molar-refractivity contribution in [2.75, 3.05) is 0 Å². The number of hydrogen-bond acceptors (Lipinski definition) is 2. The van der Waals surface area contributed by atoms with Crippen LogP contribution >= 0.6 is 0 Å². The average molecular weight is 272 g/mol. The minimum atomic E-state index is -0.732. The highest BCUT2D eigenvalue weighted by Crippen LogP contribution is 2.27. The standard InChI is InChI=1S/C15H10F2N2O/c16-11-4-10(5-12(17)7-11)13-3-1-2-9(6-15(19)20)14(13)8-18/h1-5,7H,6H2,(H2,19,20). The summed E-state index contributed by atoms with van der Waals surface area (Å²) in [7, 11) is 0. The Labute approximate surface area is 114 Å². The maximum absolute atomic E-state index is 13.3. The Morgan fingerprint density at radius 1 is 1.20 bits per heavy atom. The van der Waals surface area contributed by atoms with E-state index in [2.05, 4.69) is 0 Å². The molecule has 0 fully saturated rings. The molecule has 2 aromatic carbocycles. The number of nitriles is 1. The zero-order chi connectivity index (χ0) is 14.7. The highest BCUT2D eigenvalue weighted by molar-refractivity contribution is 5.80. The molecule has 2 rings (SSSR count). The van der Waals surface area contributed by atoms with Gasteiger partial charge in [-0.3, -0.25) is 4.79 Å². The summed E-state index contributed by atoms with van der Waals surface area (Å²) in [6.07, 6.45) is -0.103. The lowest BCUT2D eigenvalue weighted by Crippen LogP contribution is -2.14. The molecule has 0 spiro atoms. The van der Waals surface area contributed by atoms with E-state index in [0.29, 0.717) is 11.1 Å². The number of hydrogen-bond donors (Lipinski definition) is 1. The van der Waals surface area contributed by atoms with Crippen LogP contribution in [0, 0.1) is 23.0 Å². The lowest BCUT2D eigenvalue weighted by Gasteiger charge is -2.09. The van der Waals surface area contributed by atoms with Crippen LogP contribution in [0.15, 0.2) is 36.4 Å². The Bertz CT molecular complexity index is 700. The largest absolute Gasteiger partial charge is 0.369 e. The number of rotatable bonds is 3. The van der Waals surface area contributed by atoms with Gasteiger partial charge in [0.2, 0.25) is 5.91 Å². The second-order valence-corrected chi connectivity index (χ2v) is 4.25. The lowest BCUT2D eigenvalue weighted by molar-refractivity contribution is -0.117. The molecule has 0 saturated carbocycles. The molecule has 0 aliphatic carbocycles. The van der Waals surface area contributed by atoms with Crippen molar-refractivity contribution in [2.45, 2.75) is 6.42 Å². The highest BCUT2D eigenvalue weighted by atomic mass is 19.1. The fourth-order valence-electron chi connectivity index (χ4n) is 2.02. The summed E-state index contributed by atoms with van der Waals surface area (Å²) >= 11 is 0. The molecule has 2 aromatic rings. The second kappa shape index (κ2) is 5.49. The molecular formula is C15H10F2N2O. The third-order valence-corrected chi connectivity index (χ3v) is 2.80. The molecule has 1 amide bonds. The summed E-state index contributed by atoms with van der Waals surface area (Å²) in [5.74, 6) is -2.04. The van der Waals surface area contributed by atoms with Gasteiger partial charge >= 0.3 is 0 Å². The SMILES string of the molecule is N#Cc1c(CC(N)=O)cccc1-c1cc(F)cc(F)c1. The summed E-state index contributed by atoms with van der Waals surface area (Å²) in [4.78, 5) is 11.0. The van der Waals surface area contributed by atoms with Crippen LogP contribution in [0.2, 0.25) is 0 Å². The molecule has 0 aliphatic heterocycles. The van der Waals surface area contributed by atoms with E-state index in [9.17, 15) is 18.8 Å². The smallest absolute Gasteiger partial charge is 0.221 e. The number of carbonyl (C=O) groups is 1. The Balaban J connectivity index is 2.62. The van der Waals surface area contributed by atoms with Crippen molar-refractivity contribution in [3.8, 4) is 17.2 Å². The summed E-state index contributed by atoms with van der Waals surface area (Å²) < 4.78 is 26.5. The van der Waals surface area contributed by atoms with Crippen LogP contribution in [0.4, 0.5) is 8.78 Å². The molecule has 0 radical (unpaired) electrons. The third-order valence-electron chi connectivity index (χ3n) is 2.80. The molecule has 0 atom stereocenters. The summed E-state index contributed by atoms with van der Waals surface area (Å²) in [6.45, 7) is 0. The van der Waals surface area contributed by atoms with Gasteiger partial charge in [-0.25, -0.2) is 8.78 Å². The quantitative estimate of drug-likeness (QED) is 0.932. The Kier molecular flexibility index (Phi) is 3.76. The maximum atomic E-state index is 13.3. The minimum Gasteiger partial charge on any atom is -0.369 e. The highest BCUT2D eigenvalue weighted by Gasteiger charge is 2.13. The van der Waals surface area contributed by atoms with Gasteiger partial charge in [0.05, 0.1) is 12.0 Å².